The molecule has 0 fully saturated rings. The first kappa shape index (κ1) is 20.6. The minimum Gasteiger partial charge on any atom is -0.355 e. The summed E-state index contributed by atoms with van der Waals surface area (Å²) in [5.74, 6) is -0.161. The van der Waals surface area contributed by atoms with Crippen LogP contribution in [0.5, 0.6) is 0 Å². The first-order chi connectivity index (χ1) is 14.9. The number of nitrogens with one attached hydrogen (secondary N) is 2. The summed E-state index contributed by atoms with van der Waals surface area (Å²) in [6.45, 7) is 0. The first-order valence-corrected chi connectivity index (χ1v) is 10.8. The summed E-state index contributed by atoms with van der Waals surface area (Å²) < 4.78 is 33.0. The van der Waals surface area contributed by atoms with Gasteiger partial charge in [-0.05, 0) is 42.5 Å². The van der Waals surface area contributed by atoms with Crippen LogP contribution in [0.2, 0.25) is 5.02 Å². The predicted octanol–water partition coefficient (Wildman–Crippen LogP) is 4.44. The molecule has 2 N–H and O–H groups in total. The van der Waals surface area contributed by atoms with Gasteiger partial charge in [0.1, 0.15) is 0 Å². The number of sulfonamides is 1. The fourth-order valence-electron chi connectivity index (χ4n) is 2.71. The smallest absolute Gasteiger partial charge is 0.277 e. The number of nitrogens with zero attached hydrogens (tertiary/aromatic N) is 2. The molecule has 0 aliphatic carbocycles. The first-order valence-electron chi connectivity index (χ1n) is 8.98. The number of halogens is 1. The van der Waals surface area contributed by atoms with Crippen LogP contribution < -0.4 is 10.0 Å². The average Bonchev–Trinajstić information content (AvgIpc) is 3.27. The molecule has 10 heteroatoms. The third kappa shape index (κ3) is 4.73. The molecule has 2 heterocycles. The molecular formula is C21H15ClN4O4S. The van der Waals surface area contributed by atoms with Crippen molar-refractivity contribution < 1.29 is 17.7 Å². The SMILES string of the molecule is O=C(Nc1cccc(S(=O)(=O)Nc2ccccc2Cl)c1)c1cc(-c2cccnc2)on1. The lowest BCUT2D eigenvalue weighted by molar-refractivity contribution is 0.101. The van der Waals surface area contributed by atoms with Crippen LogP contribution in [0.3, 0.4) is 0 Å². The number of hydrogen-bond donors (Lipinski definition) is 2. The van der Waals surface area contributed by atoms with Gasteiger partial charge in [-0.15, -0.1) is 0 Å². The zero-order chi connectivity index (χ0) is 21.8. The molecule has 0 spiro atoms. The lowest BCUT2D eigenvalue weighted by atomic mass is 10.2. The molecule has 0 radical (unpaired) electrons. The highest BCUT2D eigenvalue weighted by Crippen LogP contribution is 2.25. The Morgan fingerprint density at radius 1 is 1.00 bits per heavy atom. The highest BCUT2D eigenvalue weighted by atomic mass is 35.5. The summed E-state index contributed by atoms with van der Waals surface area (Å²) in [7, 11) is -3.92. The molecule has 0 atom stereocenters. The monoisotopic (exact) mass is 454 g/mol. The maximum atomic E-state index is 12.7. The standard InChI is InChI=1S/C21H15ClN4O4S/c22-17-8-1-2-9-18(17)26-31(28,29)16-7-3-6-15(11-16)24-21(27)19-12-20(30-25-19)14-5-4-10-23-13-14/h1-13,26H,(H,24,27). The van der Waals surface area contributed by atoms with Gasteiger partial charge < -0.3 is 9.84 Å². The Morgan fingerprint density at radius 2 is 1.84 bits per heavy atom. The fraction of sp³-hybridized carbons (Fsp3) is 0. The highest BCUT2D eigenvalue weighted by Gasteiger charge is 2.18. The molecule has 2 aromatic heterocycles. The number of pyridine rings is 1. The number of hydrogen-bond acceptors (Lipinski definition) is 6. The number of rotatable bonds is 6. The van der Waals surface area contributed by atoms with E-state index in [0.29, 0.717) is 11.3 Å². The Bertz CT molecular complexity index is 1340. The van der Waals surface area contributed by atoms with Gasteiger partial charge in [0.2, 0.25) is 0 Å². The number of para-hydroxylation sites is 1. The van der Waals surface area contributed by atoms with E-state index in [9.17, 15) is 13.2 Å². The highest BCUT2D eigenvalue weighted by molar-refractivity contribution is 7.92. The minimum atomic E-state index is -3.92. The minimum absolute atomic E-state index is 0.0404. The van der Waals surface area contributed by atoms with E-state index in [1.807, 2.05) is 0 Å². The molecule has 0 aliphatic heterocycles. The molecule has 0 aliphatic rings. The Hall–Kier alpha value is -3.69. The van der Waals surface area contributed by atoms with Crippen molar-refractivity contribution in [3.05, 3.63) is 89.8 Å². The van der Waals surface area contributed by atoms with E-state index in [0.717, 1.165) is 0 Å². The van der Waals surface area contributed by atoms with Crippen LogP contribution >= 0.6 is 11.6 Å². The van der Waals surface area contributed by atoms with Crippen molar-refractivity contribution in [3.63, 3.8) is 0 Å². The second-order valence-electron chi connectivity index (χ2n) is 6.39. The molecule has 8 nitrogen and oxygen atoms in total. The summed E-state index contributed by atoms with van der Waals surface area (Å²) in [4.78, 5) is 16.5. The Labute approximate surface area is 182 Å². The number of benzene rings is 2. The second kappa shape index (κ2) is 8.58. The summed E-state index contributed by atoms with van der Waals surface area (Å²) in [6.07, 6.45) is 3.21. The van der Waals surface area contributed by atoms with Gasteiger partial charge in [-0.2, -0.15) is 0 Å². The van der Waals surface area contributed by atoms with E-state index in [4.69, 9.17) is 16.1 Å². The lowest BCUT2D eigenvalue weighted by Crippen LogP contribution is -2.15. The van der Waals surface area contributed by atoms with Crippen molar-refractivity contribution in [2.24, 2.45) is 0 Å². The van der Waals surface area contributed by atoms with E-state index in [2.05, 4.69) is 20.2 Å². The zero-order valence-electron chi connectivity index (χ0n) is 15.8. The van der Waals surface area contributed by atoms with Gasteiger partial charge in [0, 0.05) is 29.7 Å². The quantitative estimate of drug-likeness (QED) is 0.445. The number of aromatic nitrogens is 2. The summed E-state index contributed by atoms with van der Waals surface area (Å²) >= 11 is 6.03. The predicted molar refractivity (Wildman–Crippen MR) is 116 cm³/mol. The van der Waals surface area contributed by atoms with Crippen molar-refractivity contribution in [2.75, 3.05) is 10.0 Å². The van der Waals surface area contributed by atoms with Gasteiger partial charge in [0.15, 0.2) is 11.5 Å². The Kier molecular flexibility index (Phi) is 5.70. The van der Waals surface area contributed by atoms with Crippen LogP contribution in [0.25, 0.3) is 11.3 Å². The number of carbonyl (C=O) groups excluding carboxylic acids is 1. The van der Waals surface area contributed by atoms with Crippen LogP contribution in [0.1, 0.15) is 10.5 Å². The maximum Gasteiger partial charge on any atom is 0.277 e. The van der Waals surface area contributed by atoms with E-state index in [1.54, 1.807) is 54.9 Å². The van der Waals surface area contributed by atoms with Crippen molar-refractivity contribution >= 4 is 38.9 Å². The third-order valence-electron chi connectivity index (χ3n) is 4.21. The zero-order valence-corrected chi connectivity index (χ0v) is 17.4. The molecule has 31 heavy (non-hydrogen) atoms. The molecule has 156 valence electrons. The van der Waals surface area contributed by atoms with Gasteiger partial charge in [0.05, 0.1) is 15.6 Å². The van der Waals surface area contributed by atoms with Crippen LogP contribution in [0.4, 0.5) is 11.4 Å². The Balaban J connectivity index is 1.52. The summed E-state index contributed by atoms with van der Waals surface area (Å²) in [5, 5.41) is 6.65. The summed E-state index contributed by atoms with van der Waals surface area (Å²) in [6, 6.07) is 17.3. The van der Waals surface area contributed by atoms with Crippen molar-refractivity contribution in [3.8, 4) is 11.3 Å². The molecule has 0 bridgehead atoms. The van der Waals surface area contributed by atoms with Crippen LogP contribution in [-0.4, -0.2) is 24.5 Å². The molecule has 2 aromatic carbocycles. The molecule has 4 aromatic rings. The number of carbonyl (C=O) groups is 1. The number of amides is 1. The van der Waals surface area contributed by atoms with E-state index in [-0.39, 0.29) is 27.0 Å². The van der Waals surface area contributed by atoms with Gasteiger partial charge in [-0.25, -0.2) is 8.42 Å². The lowest BCUT2D eigenvalue weighted by Gasteiger charge is -2.11. The van der Waals surface area contributed by atoms with Gasteiger partial charge in [-0.3, -0.25) is 14.5 Å². The largest absolute Gasteiger partial charge is 0.355 e. The van der Waals surface area contributed by atoms with E-state index >= 15 is 0 Å². The number of anilines is 2. The molecule has 1 amide bonds. The van der Waals surface area contributed by atoms with Crippen molar-refractivity contribution in [1.29, 1.82) is 0 Å². The van der Waals surface area contributed by atoms with Crippen LogP contribution in [-0.2, 0) is 10.0 Å². The second-order valence-corrected chi connectivity index (χ2v) is 8.48. The van der Waals surface area contributed by atoms with Crippen LogP contribution in [0.15, 0.2) is 88.5 Å². The van der Waals surface area contributed by atoms with Gasteiger partial charge in [-0.1, -0.05) is 35.0 Å². The molecule has 4 rings (SSSR count). The molecule has 0 unspecified atom stereocenters. The van der Waals surface area contributed by atoms with E-state index in [1.165, 1.54) is 24.3 Å². The van der Waals surface area contributed by atoms with Gasteiger partial charge in [0.25, 0.3) is 15.9 Å². The topological polar surface area (TPSA) is 114 Å². The molecule has 0 saturated carbocycles. The van der Waals surface area contributed by atoms with Gasteiger partial charge >= 0.3 is 0 Å². The van der Waals surface area contributed by atoms with Crippen LogP contribution in [0, 0.1) is 0 Å². The van der Waals surface area contributed by atoms with Crippen molar-refractivity contribution in [1.82, 2.24) is 10.1 Å². The summed E-state index contributed by atoms with van der Waals surface area (Å²) in [5.41, 5.74) is 1.25. The normalized spacial score (nSPS) is 11.1. The third-order valence-corrected chi connectivity index (χ3v) is 5.90. The maximum absolute atomic E-state index is 12.7. The Morgan fingerprint density at radius 3 is 2.61 bits per heavy atom. The van der Waals surface area contributed by atoms with Crippen molar-refractivity contribution in [2.45, 2.75) is 4.90 Å². The van der Waals surface area contributed by atoms with E-state index < -0.39 is 15.9 Å². The molecular weight excluding hydrogens is 440 g/mol. The average molecular weight is 455 g/mol. The molecule has 0 saturated heterocycles. The fourth-order valence-corrected chi connectivity index (χ4v) is 4.07.